The molecule has 0 radical (unpaired) electrons. The molecule has 0 aromatic heterocycles. The molecule has 1 fully saturated rings. The average molecular weight is 503 g/mol. The Kier molecular flexibility index (Phi) is 8.07. The van der Waals surface area contributed by atoms with Crippen LogP contribution in [0.5, 0.6) is 0 Å². The summed E-state index contributed by atoms with van der Waals surface area (Å²) in [5.74, 6) is -2.11. The van der Waals surface area contributed by atoms with Crippen LogP contribution >= 0.6 is 11.6 Å². The van der Waals surface area contributed by atoms with Crippen LogP contribution < -0.4 is 9.21 Å². The summed E-state index contributed by atoms with van der Waals surface area (Å²) in [5.41, 5.74) is 0.912. The van der Waals surface area contributed by atoms with Crippen LogP contribution in [0, 0.1) is 11.6 Å². The fourth-order valence-electron chi connectivity index (χ4n) is 3.83. The number of rotatable bonds is 8. The summed E-state index contributed by atoms with van der Waals surface area (Å²) in [5, 5.41) is -0.00390. The van der Waals surface area contributed by atoms with Gasteiger partial charge in [0.1, 0.15) is 23.1 Å². The van der Waals surface area contributed by atoms with E-state index in [0.717, 1.165) is 24.8 Å². The van der Waals surface area contributed by atoms with E-state index in [1.165, 1.54) is 25.3 Å². The first-order chi connectivity index (χ1) is 15.5. The predicted octanol–water partition coefficient (Wildman–Crippen LogP) is 2.78. The summed E-state index contributed by atoms with van der Waals surface area (Å²) >= 11 is 6.00. The van der Waals surface area contributed by atoms with Crippen LogP contribution in [0.4, 0.5) is 14.5 Å². The second-order valence-electron chi connectivity index (χ2n) is 8.16. The smallest absolute Gasteiger partial charge is 0.337 e. The lowest BCUT2D eigenvalue weighted by Crippen LogP contribution is -2.61. The number of nitrogens with one attached hydrogen (secondary N) is 1. The molecule has 0 aliphatic carbocycles. The number of halogens is 3. The monoisotopic (exact) mass is 502 g/mol. The Labute approximate surface area is 197 Å². The van der Waals surface area contributed by atoms with Crippen molar-refractivity contribution in [2.45, 2.75) is 6.54 Å². The molecule has 0 spiro atoms. The highest BCUT2D eigenvalue weighted by atomic mass is 35.5. The molecular formula is C22H27ClF2N3O4S+. The average Bonchev–Trinajstić information content (AvgIpc) is 2.79. The number of nitrogens with zero attached hydrogens (tertiary/aromatic N) is 2. The van der Waals surface area contributed by atoms with Gasteiger partial charge in [-0.2, -0.15) is 0 Å². The van der Waals surface area contributed by atoms with Crippen molar-refractivity contribution < 1.29 is 26.7 Å². The zero-order chi connectivity index (χ0) is 24.2. The number of hydrogen-bond donors (Lipinski definition) is 1. The fourth-order valence-corrected chi connectivity index (χ4v) is 5.11. The molecule has 2 aromatic carbocycles. The van der Waals surface area contributed by atoms with Crippen LogP contribution in [0.3, 0.4) is 0 Å². The molecule has 11 heteroatoms. The summed E-state index contributed by atoms with van der Waals surface area (Å²) < 4.78 is 60.8. The van der Waals surface area contributed by atoms with Gasteiger partial charge in [-0.15, -0.1) is 0 Å². The van der Waals surface area contributed by atoms with E-state index in [1.54, 1.807) is 12.1 Å². The van der Waals surface area contributed by atoms with Gasteiger partial charge in [0, 0.05) is 37.3 Å². The molecule has 3 rings (SSSR count). The highest BCUT2D eigenvalue weighted by Crippen LogP contribution is 2.29. The van der Waals surface area contributed by atoms with Crippen LogP contribution in [0.25, 0.3) is 0 Å². The Morgan fingerprint density at radius 1 is 1.15 bits per heavy atom. The molecule has 1 aliphatic rings. The van der Waals surface area contributed by atoms with Crippen molar-refractivity contribution in [3.05, 3.63) is 64.2 Å². The number of hydrogen-bond acceptors (Lipinski definition) is 5. The van der Waals surface area contributed by atoms with Crippen LogP contribution in [0.2, 0.25) is 5.02 Å². The molecule has 7 nitrogen and oxygen atoms in total. The van der Waals surface area contributed by atoms with Crippen molar-refractivity contribution in [2.24, 2.45) is 0 Å². The molecule has 2 aromatic rings. The van der Waals surface area contributed by atoms with Gasteiger partial charge < -0.3 is 4.74 Å². The summed E-state index contributed by atoms with van der Waals surface area (Å²) in [7, 11) is -0.567. The van der Waals surface area contributed by atoms with Crippen molar-refractivity contribution in [3.8, 4) is 0 Å². The lowest BCUT2D eigenvalue weighted by molar-refractivity contribution is 0.0600. The normalized spacial score (nSPS) is 16.5. The zero-order valence-electron chi connectivity index (χ0n) is 18.5. The molecule has 180 valence electrons. The van der Waals surface area contributed by atoms with Crippen LogP contribution in [-0.4, -0.2) is 71.9 Å². The van der Waals surface area contributed by atoms with Crippen molar-refractivity contribution in [3.63, 3.8) is 0 Å². The highest BCUT2D eigenvalue weighted by molar-refractivity contribution is 7.89. The van der Waals surface area contributed by atoms with E-state index >= 15 is 0 Å². The van der Waals surface area contributed by atoms with Crippen LogP contribution in [0.1, 0.15) is 15.9 Å². The van der Waals surface area contributed by atoms with Gasteiger partial charge >= 0.3 is 5.97 Å². The SMILES string of the molecule is COC(=O)c1ccc(CNS(=O)(=O)CC[N+]2(c3ccc(F)c(Cl)c3)CCN(C)CC2)c(F)c1. The Morgan fingerprint density at radius 3 is 2.45 bits per heavy atom. The molecule has 0 atom stereocenters. The predicted molar refractivity (Wildman–Crippen MR) is 124 cm³/mol. The molecule has 1 saturated heterocycles. The van der Waals surface area contributed by atoms with E-state index in [2.05, 4.69) is 14.4 Å². The number of carbonyl (C=O) groups is 1. The van der Waals surface area contributed by atoms with Gasteiger partial charge in [0.2, 0.25) is 10.0 Å². The number of esters is 1. The maximum Gasteiger partial charge on any atom is 0.337 e. The molecule has 0 saturated carbocycles. The third kappa shape index (κ3) is 6.27. The minimum Gasteiger partial charge on any atom is -0.465 e. The lowest BCUT2D eigenvalue weighted by Gasteiger charge is -2.43. The molecular weight excluding hydrogens is 476 g/mol. The summed E-state index contributed by atoms with van der Waals surface area (Å²) in [4.78, 5) is 13.7. The first kappa shape index (κ1) is 25.5. The Balaban J connectivity index is 1.71. The Bertz CT molecular complexity index is 1120. The van der Waals surface area contributed by atoms with Gasteiger partial charge in [-0.1, -0.05) is 17.7 Å². The van der Waals surface area contributed by atoms with Crippen molar-refractivity contribution in [1.29, 1.82) is 0 Å². The topological polar surface area (TPSA) is 75.7 Å². The minimum atomic E-state index is -3.75. The third-order valence-electron chi connectivity index (χ3n) is 6.02. The van der Waals surface area contributed by atoms with E-state index in [4.69, 9.17) is 11.6 Å². The highest BCUT2D eigenvalue weighted by Gasteiger charge is 2.36. The maximum atomic E-state index is 14.3. The first-order valence-corrected chi connectivity index (χ1v) is 12.4. The first-order valence-electron chi connectivity index (χ1n) is 10.4. The van der Waals surface area contributed by atoms with Crippen molar-refractivity contribution >= 4 is 33.3 Å². The van der Waals surface area contributed by atoms with E-state index in [9.17, 15) is 22.0 Å². The molecule has 33 heavy (non-hydrogen) atoms. The molecule has 1 heterocycles. The van der Waals surface area contributed by atoms with Gasteiger partial charge in [0.25, 0.3) is 0 Å². The Morgan fingerprint density at radius 2 is 1.85 bits per heavy atom. The number of sulfonamides is 1. The number of likely N-dealkylation sites (N-methyl/N-ethyl adjacent to an activating group) is 1. The van der Waals surface area contributed by atoms with Crippen LogP contribution in [-0.2, 0) is 21.3 Å². The van der Waals surface area contributed by atoms with E-state index in [-0.39, 0.29) is 35.0 Å². The van der Waals surface area contributed by atoms with Gasteiger partial charge in [-0.25, -0.2) is 26.7 Å². The number of ether oxygens (including phenoxy) is 1. The number of benzene rings is 2. The fraction of sp³-hybridized carbons (Fsp3) is 0.409. The summed E-state index contributed by atoms with van der Waals surface area (Å²) in [6, 6.07) is 8.23. The van der Waals surface area contributed by atoms with Gasteiger partial charge in [-0.05, 0) is 25.2 Å². The number of methoxy groups -OCH3 is 1. The number of piperazine rings is 1. The number of quaternary nitrogens is 1. The molecule has 0 unspecified atom stereocenters. The lowest BCUT2D eigenvalue weighted by atomic mass is 10.1. The zero-order valence-corrected chi connectivity index (χ0v) is 20.1. The summed E-state index contributed by atoms with van der Waals surface area (Å²) in [6.07, 6.45) is 0. The van der Waals surface area contributed by atoms with E-state index in [0.29, 0.717) is 17.6 Å². The van der Waals surface area contributed by atoms with Crippen molar-refractivity contribution in [1.82, 2.24) is 14.1 Å². The van der Waals surface area contributed by atoms with Gasteiger partial charge in [0.05, 0.1) is 37.3 Å². The second kappa shape index (κ2) is 10.4. The third-order valence-corrected chi connectivity index (χ3v) is 7.61. The molecule has 1 N–H and O–H groups in total. The standard InChI is InChI=1S/C22H27ClF2N3O4S/c1-27-7-9-28(10-8-27,18-5-6-20(24)19(23)14-18)11-12-33(30,31)26-15-17-4-3-16(13-21(17)25)22(29)32-2/h3-6,13-14,26H,7-12,15H2,1-2H3/q+1. The van der Waals surface area contributed by atoms with E-state index < -0.39 is 27.6 Å². The maximum absolute atomic E-state index is 14.3. The van der Waals surface area contributed by atoms with Crippen molar-refractivity contribution in [2.75, 3.05) is 52.6 Å². The molecule has 0 bridgehead atoms. The van der Waals surface area contributed by atoms with Gasteiger partial charge in [0.15, 0.2) is 0 Å². The molecule has 0 amide bonds. The largest absolute Gasteiger partial charge is 0.465 e. The van der Waals surface area contributed by atoms with E-state index in [1.807, 2.05) is 7.05 Å². The minimum absolute atomic E-state index is 0.00390. The molecule has 1 aliphatic heterocycles. The Hall–Kier alpha value is -2.11. The quantitative estimate of drug-likeness (QED) is 0.444. The van der Waals surface area contributed by atoms with Crippen LogP contribution in [0.15, 0.2) is 36.4 Å². The van der Waals surface area contributed by atoms with Gasteiger partial charge in [-0.3, -0.25) is 9.38 Å². The second-order valence-corrected chi connectivity index (χ2v) is 10.5. The number of carbonyl (C=O) groups excluding carboxylic acids is 1. The summed E-state index contributed by atoms with van der Waals surface area (Å²) in [6.45, 7) is 2.81.